The molecule has 1 heterocycles. The van der Waals surface area contributed by atoms with Crippen LogP contribution in [0.3, 0.4) is 0 Å². The van der Waals surface area contributed by atoms with E-state index >= 15 is 0 Å². The maximum Gasteiger partial charge on any atom is 0.241 e. The van der Waals surface area contributed by atoms with Crippen molar-refractivity contribution >= 4 is 11.6 Å². The van der Waals surface area contributed by atoms with Gasteiger partial charge in [0.15, 0.2) is 0 Å². The topological polar surface area (TPSA) is 85.8 Å². The number of benzene rings is 1. The van der Waals surface area contributed by atoms with Gasteiger partial charge in [-0.15, -0.1) is 0 Å². The van der Waals surface area contributed by atoms with Crippen LogP contribution in [0.5, 0.6) is 0 Å². The van der Waals surface area contributed by atoms with Gasteiger partial charge in [-0.1, -0.05) is 31.9 Å². The van der Waals surface area contributed by atoms with E-state index in [2.05, 4.69) is 22.3 Å². The highest BCUT2D eigenvalue weighted by Crippen LogP contribution is 2.18. The van der Waals surface area contributed by atoms with Gasteiger partial charge in [-0.25, -0.2) is 9.67 Å². The van der Waals surface area contributed by atoms with E-state index in [0.717, 1.165) is 18.5 Å². The zero-order chi connectivity index (χ0) is 14.4. The largest absolute Gasteiger partial charge is 0.323 e. The lowest BCUT2D eigenvalue weighted by Crippen LogP contribution is -2.35. The molecule has 2 rings (SSSR count). The molecule has 0 aliphatic carbocycles. The molecule has 0 fully saturated rings. The first kappa shape index (κ1) is 14.2. The Balaban J connectivity index is 2.12. The molecule has 1 aromatic carbocycles. The molecule has 20 heavy (non-hydrogen) atoms. The number of amides is 1. The Hall–Kier alpha value is -2.21. The quantitative estimate of drug-likeness (QED) is 0.839. The second-order valence-corrected chi connectivity index (χ2v) is 4.60. The van der Waals surface area contributed by atoms with Crippen LogP contribution in [-0.4, -0.2) is 26.7 Å². The molecule has 0 saturated carbocycles. The molecule has 0 saturated heterocycles. The third-order valence-electron chi connectivity index (χ3n) is 3.03. The lowest BCUT2D eigenvalue weighted by Gasteiger charge is -2.14. The zero-order valence-corrected chi connectivity index (χ0v) is 11.5. The number of hydrogen-bond donors (Lipinski definition) is 2. The highest BCUT2D eigenvalue weighted by molar-refractivity contribution is 5.96. The third-order valence-corrected chi connectivity index (χ3v) is 3.03. The average molecular weight is 273 g/mol. The number of carbonyl (C=O) groups is 1. The smallest absolute Gasteiger partial charge is 0.241 e. The van der Waals surface area contributed by atoms with Crippen molar-refractivity contribution in [1.29, 1.82) is 0 Å². The molecule has 1 atom stereocenters. The zero-order valence-electron chi connectivity index (χ0n) is 11.5. The lowest BCUT2D eigenvalue weighted by atomic mass is 10.1. The van der Waals surface area contributed by atoms with Crippen LogP contribution in [0.2, 0.25) is 0 Å². The van der Waals surface area contributed by atoms with Crippen LogP contribution < -0.4 is 11.1 Å². The van der Waals surface area contributed by atoms with Crippen molar-refractivity contribution in [3.05, 3.63) is 36.9 Å². The predicted octanol–water partition coefficient (Wildman–Crippen LogP) is 1.72. The second-order valence-electron chi connectivity index (χ2n) is 4.60. The van der Waals surface area contributed by atoms with E-state index in [4.69, 9.17) is 5.73 Å². The number of aromatic nitrogens is 3. The van der Waals surface area contributed by atoms with E-state index < -0.39 is 6.04 Å². The van der Waals surface area contributed by atoms with Gasteiger partial charge in [-0.05, 0) is 18.6 Å². The molecular weight excluding hydrogens is 254 g/mol. The minimum atomic E-state index is -0.487. The van der Waals surface area contributed by atoms with Crippen molar-refractivity contribution in [3.8, 4) is 5.69 Å². The molecule has 0 unspecified atom stereocenters. The summed E-state index contributed by atoms with van der Waals surface area (Å²) in [6.07, 6.45) is 5.69. The van der Waals surface area contributed by atoms with Crippen molar-refractivity contribution in [2.45, 2.75) is 32.2 Å². The SMILES string of the molecule is CCCC[C@H](N)C(=O)Nc1ccccc1-n1cncn1. The standard InChI is InChI=1S/C14H19N5O/c1-2-3-6-11(15)14(20)18-12-7-4-5-8-13(12)19-10-16-9-17-19/h4-5,7-11H,2-3,6,15H2,1H3,(H,18,20)/t11-/m0/s1. The van der Waals surface area contributed by atoms with Crippen LogP contribution in [0, 0.1) is 0 Å². The fraction of sp³-hybridized carbons (Fsp3) is 0.357. The number of hydrogen-bond acceptors (Lipinski definition) is 4. The molecule has 6 heteroatoms. The number of nitrogens with zero attached hydrogens (tertiary/aromatic N) is 3. The molecule has 0 radical (unpaired) electrons. The number of nitrogens with one attached hydrogen (secondary N) is 1. The highest BCUT2D eigenvalue weighted by Gasteiger charge is 2.15. The Kier molecular flexibility index (Phi) is 4.84. The van der Waals surface area contributed by atoms with Crippen molar-refractivity contribution < 1.29 is 4.79 Å². The van der Waals surface area contributed by atoms with Crippen LogP contribution in [0.25, 0.3) is 5.69 Å². The third kappa shape index (κ3) is 3.42. The van der Waals surface area contributed by atoms with Crippen LogP contribution >= 0.6 is 0 Å². The summed E-state index contributed by atoms with van der Waals surface area (Å²) in [5, 5.41) is 6.93. The van der Waals surface area contributed by atoms with Gasteiger partial charge in [0.1, 0.15) is 12.7 Å². The summed E-state index contributed by atoms with van der Waals surface area (Å²) >= 11 is 0. The molecule has 1 amide bonds. The van der Waals surface area contributed by atoms with Crippen molar-refractivity contribution in [2.24, 2.45) is 5.73 Å². The van der Waals surface area contributed by atoms with Gasteiger partial charge < -0.3 is 11.1 Å². The molecule has 0 aliphatic rings. The number of para-hydroxylation sites is 2. The number of carbonyl (C=O) groups excluding carboxylic acids is 1. The molecular formula is C14H19N5O. The van der Waals surface area contributed by atoms with E-state index in [1.165, 1.54) is 6.33 Å². The molecule has 6 nitrogen and oxygen atoms in total. The van der Waals surface area contributed by atoms with Gasteiger partial charge in [0.25, 0.3) is 0 Å². The van der Waals surface area contributed by atoms with E-state index in [-0.39, 0.29) is 5.91 Å². The Labute approximate surface area is 118 Å². The Morgan fingerprint density at radius 1 is 1.45 bits per heavy atom. The highest BCUT2D eigenvalue weighted by atomic mass is 16.2. The van der Waals surface area contributed by atoms with Gasteiger partial charge >= 0.3 is 0 Å². The number of nitrogens with two attached hydrogens (primary N) is 1. The van der Waals surface area contributed by atoms with Gasteiger partial charge in [0.05, 0.1) is 17.4 Å². The monoisotopic (exact) mass is 273 g/mol. The van der Waals surface area contributed by atoms with Crippen molar-refractivity contribution in [3.63, 3.8) is 0 Å². The summed E-state index contributed by atoms with van der Waals surface area (Å²) in [6, 6.07) is 6.93. The summed E-state index contributed by atoms with van der Waals surface area (Å²) < 4.78 is 1.60. The van der Waals surface area contributed by atoms with Crippen LogP contribution in [0.15, 0.2) is 36.9 Å². The second kappa shape index (κ2) is 6.81. The normalized spacial score (nSPS) is 12.1. The fourth-order valence-electron chi connectivity index (χ4n) is 1.89. The van der Waals surface area contributed by atoms with Crippen molar-refractivity contribution in [1.82, 2.24) is 14.8 Å². The molecule has 0 spiro atoms. The van der Waals surface area contributed by atoms with Crippen molar-refractivity contribution in [2.75, 3.05) is 5.32 Å². The summed E-state index contributed by atoms with van der Waals surface area (Å²) in [7, 11) is 0. The number of unbranched alkanes of at least 4 members (excludes halogenated alkanes) is 1. The van der Waals surface area contributed by atoms with E-state index in [1.807, 2.05) is 24.3 Å². The molecule has 1 aromatic heterocycles. The first-order chi connectivity index (χ1) is 9.72. The average Bonchev–Trinajstić information content (AvgIpc) is 2.99. The summed E-state index contributed by atoms with van der Waals surface area (Å²) in [5.41, 5.74) is 7.31. The summed E-state index contributed by atoms with van der Waals surface area (Å²) in [6.45, 7) is 2.07. The first-order valence-corrected chi connectivity index (χ1v) is 6.73. The van der Waals surface area contributed by atoms with Crippen LogP contribution in [-0.2, 0) is 4.79 Å². The maximum absolute atomic E-state index is 12.1. The molecule has 3 N–H and O–H groups in total. The lowest BCUT2D eigenvalue weighted by molar-refractivity contribution is -0.117. The number of anilines is 1. The Morgan fingerprint density at radius 3 is 2.95 bits per heavy atom. The Bertz CT molecular complexity index is 552. The molecule has 2 aromatic rings. The van der Waals surface area contributed by atoms with Gasteiger partial charge in [0, 0.05) is 0 Å². The minimum absolute atomic E-state index is 0.175. The van der Waals surface area contributed by atoms with E-state index in [1.54, 1.807) is 11.0 Å². The maximum atomic E-state index is 12.1. The Morgan fingerprint density at radius 2 is 2.25 bits per heavy atom. The van der Waals surface area contributed by atoms with E-state index in [0.29, 0.717) is 12.1 Å². The van der Waals surface area contributed by atoms with Gasteiger partial charge in [-0.3, -0.25) is 4.79 Å². The number of rotatable bonds is 6. The van der Waals surface area contributed by atoms with Gasteiger partial charge in [0.2, 0.25) is 5.91 Å². The van der Waals surface area contributed by atoms with Crippen LogP contribution in [0.1, 0.15) is 26.2 Å². The van der Waals surface area contributed by atoms with Crippen LogP contribution in [0.4, 0.5) is 5.69 Å². The summed E-state index contributed by atoms with van der Waals surface area (Å²) in [5.74, 6) is -0.175. The van der Waals surface area contributed by atoms with Gasteiger partial charge in [-0.2, -0.15) is 5.10 Å². The first-order valence-electron chi connectivity index (χ1n) is 6.73. The minimum Gasteiger partial charge on any atom is -0.323 e. The summed E-state index contributed by atoms with van der Waals surface area (Å²) in [4.78, 5) is 16.0. The molecule has 106 valence electrons. The fourth-order valence-corrected chi connectivity index (χ4v) is 1.89. The predicted molar refractivity (Wildman–Crippen MR) is 77.5 cm³/mol. The molecule has 0 aliphatic heterocycles. The molecule has 0 bridgehead atoms. The van der Waals surface area contributed by atoms with E-state index in [9.17, 15) is 4.79 Å².